The van der Waals surface area contributed by atoms with Crippen molar-refractivity contribution < 1.29 is 14.6 Å². The second-order valence-electron chi connectivity index (χ2n) is 2.80. The Morgan fingerprint density at radius 1 is 1.71 bits per heavy atom. The van der Waals surface area contributed by atoms with Gasteiger partial charge in [0.25, 0.3) is 0 Å². The first kappa shape index (κ1) is 10.6. The van der Waals surface area contributed by atoms with E-state index >= 15 is 0 Å². The van der Waals surface area contributed by atoms with E-state index in [2.05, 4.69) is 0 Å². The summed E-state index contributed by atoms with van der Waals surface area (Å²) in [5, 5.41) is 8.49. The average Bonchev–Trinajstić information content (AvgIpc) is 2.56. The highest BCUT2D eigenvalue weighted by Crippen LogP contribution is 2.11. The molecule has 0 radical (unpaired) electrons. The summed E-state index contributed by atoms with van der Waals surface area (Å²) in [5.74, 6) is -0.461. The molecule has 5 nitrogen and oxygen atoms in total. The smallest absolute Gasteiger partial charge is 0.355 e. The summed E-state index contributed by atoms with van der Waals surface area (Å²) in [5.41, 5.74) is 6.49. The summed E-state index contributed by atoms with van der Waals surface area (Å²) in [6.07, 6.45) is 1.68. The first-order chi connectivity index (χ1) is 6.69. The van der Waals surface area contributed by atoms with E-state index < -0.39 is 5.97 Å². The van der Waals surface area contributed by atoms with Crippen molar-refractivity contribution >= 4 is 11.7 Å². The third kappa shape index (κ3) is 2.26. The molecule has 0 aliphatic carbocycles. The lowest BCUT2D eigenvalue weighted by atomic mass is 10.4. The van der Waals surface area contributed by atoms with Crippen molar-refractivity contribution in [3.8, 4) is 0 Å². The number of nitrogen functional groups attached to an aromatic ring is 1. The highest BCUT2D eigenvalue weighted by Gasteiger charge is 2.12. The summed E-state index contributed by atoms with van der Waals surface area (Å²) < 4.78 is 6.47. The quantitative estimate of drug-likeness (QED) is 0.679. The van der Waals surface area contributed by atoms with E-state index in [1.807, 2.05) is 6.92 Å². The van der Waals surface area contributed by atoms with E-state index in [9.17, 15) is 4.79 Å². The van der Waals surface area contributed by atoms with E-state index in [1.165, 1.54) is 0 Å². The van der Waals surface area contributed by atoms with Crippen LogP contribution in [-0.2, 0) is 11.3 Å². The van der Waals surface area contributed by atoms with Crippen LogP contribution >= 0.6 is 0 Å². The van der Waals surface area contributed by atoms with Gasteiger partial charge in [-0.15, -0.1) is 0 Å². The van der Waals surface area contributed by atoms with Crippen molar-refractivity contribution in [2.75, 3.05) is 18.9 Å². The number of ether oxygens (including phenoxy) is 1. The summed E-state index contributed by atoms with van der Waals surface area (Å²) in [6.45, 7) is 2.39. The zero-order chi connectivity index (χ0) is 10.6. The Hall–Kier alpha value is -1.49. The predicted octanol–water partition coefficient (Wildman–Crippen LogP) is 0.239. The van der Waals surface area contributed by atoms with E-state index in [4.69, 9.17) is 15.6 Å². The van der Waals surface area contributed by atoms with Crippen molar-refractivity contribution in [2.24, 2.45) is 0 Å². The van der Waals surface area contributed by atoms with Crippen LogP contribution in [0.3, 0.4) is 0 Å². The van der Waals surface area contributed by atoms with Crippen molar-refractivity contribution in [3.63, 3.8) is 0 Å². The number of aryl methyl sites for hydroxylation is 1. The molecule has 0 aliphatic rings. The van der Waals surface area contributed by atoms with Crippen LogP contribution in [0.2, 0.25) is 0 Å². The molecule has 5 heteroatoms. The molecule has 1 aromatic heterocycles. The molecule has 0 spiro atoms. The number of nitrogens with zero attached hydrogens (tertiary/aromatic N) is 1. The molecule has 1 rings (SSSR count). The van der Waals surface area contributed by atoms with E-state index in [0.717, 1.165) is 0 Å². The van der Waals surface area contributed by atoms with Crippen LogP contribution in [0.15, 0.2) is 12.3 Å². The fourth-order valence-corrected chi connectivity index (χ4v) is 1.18. The number of anilines is 1. The van der Waals surface area contributed by atoms with E-state index in [-0.39, 0.29) is 13.2 Å². The maximum Gasteiger partial charge on any atom is 0.355 e. The van der Waals surface area contributed by atoms with Gasteiger partial charge in [0.1, 0.15) is 12.3 Å². The summed E-state index contributed by atoms with van der Waals surface area (Å²) >= 11 is 0. The standard InChI is InChI=1S/C9H14N2O3/c1-2-11-6-7(10)5-8(11)9(13)14-4-3-12/h5-6,12H,2-4,10H2,1H3. The molecule has 0 aliphatic heterocycles. The molecule has 3 N–H and O–H groups in total. The molecular weight excluding hydrogens is 184 g/mol. The topological polar surface area (TPSA) is 77.5 Å². The highest BCUT2D eigenvalue weighted by molar-refractivity contribution is 5.89. The van der Waals surface area contributed by atoms with Crippen molar-refractivity contribution in [3.05, 3.63) is 18.0 Å². The molecule has 0 saturated heterocycles. The number of nitrogens with two attached hydrogens (primary N) is 1. The molecule has 0 unspecified atom stereocenters. The maximum atomic E-state index is 11.4. The number of carbonyl (C=O) groups excluding carboxylic acids is 1. The molecule has 0 atom stereocenters. The van der Waals surface area contributed by atoms with E-state index in [0.29, 0.717) is 17.9 Å². The van der Waals surface area contributed by atoms with Gasteiger partial charge in [-0.1, -0.05) is 0 Å². The molecule has 0 amide bonds. The molecule has 1 heterocycles. The van der Waals surface area contributed by atoms with Gasteiger partial charge in [-0.3, -0.25) is 0 Å². The van der Waals surface area contributed by atoms with E-state index in [1.54, 1.807) is 16.8 Å². The molecule has 0 saturated carbocycles. The summed E-state index contributed by atoms with van der Waals surface area (Å²) in [6, 6.07) is 1.56. The molecule has 0 bridgehead atoms. The summed E-state index contributed by atoms with van der Waals surface area (Å²) in [7, 11) is 0. The Morgan fingerprint density at radius 2 is 2.43 bits per heavy atom. The first-order valence-corrected chi connectivity index (χ1v) is 4.42. The van der Waals surface area contributed by atoms with Gasteiger partial charge in [-0.2, -0.15) is 0 Å². The van der Waals surface area contributed by atoms with Crippen LogP contribution in [0.4, 0.5) is 5.69 Å². The third-order valence-corrected chi connectivity index (χ3v) is 1.79. The van der Waals surface area contributed by atoms with Gasteiger partial charge in [0.05, 0.1) is 12.3 Å². The summed E-state index contributed by atoms with van der Waals surface area (Å²) in [4.78, 5) is 11.4. The van der Waals surface area contributed by atoms with Gasteiger partial charge in [0, 0.05) is 12.7 Å². The molecule has 1 aromatic rings. The zero-order valence-electron chi connectivity index (χ0n) is 8.06. The van der Waals surface area contributed by atoms with Gasteiger partial charge in [-0.25, -0.2) is 4.79 Å². The lowest BCUT2D eigenvalue weighted by molar-refractivity contribution is 0.0422. The molecular formula is C9H14N2O3. The van der Waals surface area contributed by atoms with Gasteiger partial charge in [0.2, 0.25) is 0 Å². The average molecular weight is 198 g/mol. The van der Waals surface area contributed by atoms with Crippen molar-refractivity contribution in [1.82, 2.24) is 4.57 Å². The van der Waals surface area contributed by atoms with Crippen LogP contribution in [-0.4, -0.2) is 28.9 Å². The minimum atomic E-state index is -0.461. The monoisotopic (exact) mass is 198 g/mol. The Bertz CT molecular complexity index is 320. The Labute approximate surface area is 82.1 Å². The fraction of sp³-hybridized carbons (Fsp3) is 0.444. The second kappa shape index (κ2) is 4.66. The number of aromatic nitrogens is 1. The van der Waals surface area contributed by atoms with Crippen LogP contribution < -0.4 is 5.73 Å². The van der Waals surface area contributed by atoms with Gasteiger partial charge in [-0.05, 0) is 13.0 Å². The number of aliphatic hydroxyl groups excluding tert-OH is 1. The fourth-order valence-electron chi connectivity index (χ4n) is 1.18. The Balaban J connectivity index is 2.77. The van der Waals surface area contributed by atoms with Gasteiger partial charge in [0.15, 0.2) is 0 Å². The Kier molecular flexibility index (Phi) is 3.53. The third-order valence-electron chi connectivity index (χ3n) is 1.79. The van der Waals surface area contributed by atoms with Crippen molar-refractivity contribution in [2.45, 2.75) is 13.5 Å². The highest BCUT2D eigenvalue weighted by atomic mass is 16.5. The number of hydrogen-bond donors (Lipinski definition) is 2. The SMILES string of the molecule is CCn1cc(N)cc1C(=O)OCCO. The predicted molar refractivity (Wildman–Crippen MR) is 51.9 cm³/mol. The van der Waals surface area contributed by atoms with Crippen LogP contribution in [0.1, 0.15) is 17.4 Å². The second-order valence-corrected chi connectivity index (χ2v) is 2.80. The normalized spacial score (nSPS) is 10.1. The first-order valence-electron chi connectivity index (χ1n) is 4.42. The number of aliphatic hydroxyl groups is 1. The minimum absolute atomic E-state index is 0.00757. The van der Waals surface area contributed by atoms with Crippen molar-refractivity contribution in [1.29, 1.82) is 0 Å². The molecule has 0 aromatic carbocycles. The minimum Gasteiger partial charge on any atom is -0.459 e. The zero-order valence-corrected chi connectivity index (χ0v) is 8.06. The lowest BCUT2D eigenvalue weighted by Crippen LogP contribution is -2.13. The number of carbonyl (C=O) groups is 1. The van der Waals surface area contributed by atoms with Crippen LogP contribution in [0.5, 0.6) is 0 Å². The Morgan fingerprint density at radius 3 is 3.00 bits per heavy atom. The number of hydrogen-bond acceptors (Lipinski definition) is 4. The lowest BCUT2D eigenvalue weighted by Gasteiger charge is -2.05. The number of rotatable bonds is 4. The largest absolute Gasteiger partial charge is 0.459 e. The van der Waals surface area contributed by atoms with Gasteiger partial charge >= 0.3 is 5.97 Å². The van der Waals surface area contributed by atoms with Crippen LogP contribution in [0.25, 0.3) is 0 Å². The van der Waals surface area contributed by atoms with Gasteiger partial charge < -0.3 is 20.1 Å². The molecule has 14 heavy (non-hydrogen) atoms. The number of esters is 1. The molecule has 78 valence electrons. The van der Waals surface area contributed by atoms with Crippen LogP contribution in [0, 0.1) is 0 Å². The maximum absolute atomic E-state index is 11.4. The molecule has 0 fully saturated rings.